The van der Waals surface area contributed by atoms with Gasteiger partial charge in [0, 0.05) is 0 Å². The first-order valence-corrected chi connectivity index (χ1v) is 8.25. The summed E-state index contributed by atoms with van der Waals surface area (Å²) in [5, 5.41) is 0. The molecule has 0 saturated heterocycles. The molecule has 0 aliphatic carbocycles. The first kappa shape index (κ1) is 22.4. The summed E-state index contributed by atoms with van der Waals surface area (Å²) in [6.45, 7) is 18.5. The van der Waals surface area contributed by atoms with E-state index in [1.165, 1.54) is 0 Å². The lowest BCUT2D eigenvalue weighted by molar-refractivity contribution is -0.166. The van der Waals surface area contributed by atoms with Gasteiger partial charge in [-0.25, -0.2) is 0 Å². The molecule has 0 fully saturated rings. The standard InChI is InChI=1S/C19H32O5/c1-9-10-16(22-12-13(2)3)15(5)23-18(21)14(4)11-17(20)24-19(6,7)8/h9,14-16H,1-2,10-12H2,3-8H3/t14-,15+,16-/m1/s1. The lowest BCUT2D eigenvalue weighted by atomic mass is 10.1. The van der Waals surface area contributed by atoms with Crippen molar-refractivity contribution in [3.05, 3.63) is 24.8 Å². The highest BCUT2D eigenvalue weighted by molar-refractivity contribution is 5.79. The molecule has 0 saturated carbocycles. The minimum Gasteiger partial charge on any atom is -0.460 e. The summed E-state index contributed by atoms with van der Waals surface area (Å²) in [5.41, 5.74) is 0.320. The number of ether oxygens (including phenoxy) is 3. The van der Waals surface area contributed by atoms with Crippen LogP contribution in [-0.2, 0) is 23.8 Å². The highest BCUT2D eigenvalue weighted by atomic mass is 16.6. The molecule has 0 heterocycles. The molecule has 3 atom stereocenters. The Bertz CT molecular complexity index is 447. The highest BCUT2D eigenvalue weighted by Gasteiger charge is 2.27. The monoisotopic (exact) mass is 340 g/mol. The van der Waals surface area contributed by atoms with E-state index in [0.717, 1.165) is 5.57 Å². The van der Waals surface area contributed by atoms with Crippen LogP contribution in [0.2, 0.25) is 0 Å². The second-order valence-electron chi connectivity index (χ2n) is 7.16. The van der Waals surface area contributed by atoms with E-state index in [1.807, 2.05) is 6.92 Å². The van der Waals surface area contributed by atoms with Gasteiger partial charge in [-0.15, -0.1) is 6.58 Å². The molecule has 0 unspecified atom stereocenters. The van der Waals surface area contributed by atoms with Crippen LogP contribution >= 0.6 is 0 Å². The Morgan fingerprint density at radius 2 is 1.79 bits per heavy atom. The molecule has 0 rings (SSSR count). The van der Waals surface area contributed by atoms with Gasteiger partial charge in [0.05, 0.1) is 25.0 Å². The molecule has 0 aromatic carbocycles. The molecule has 0 bridgehead atoms. The Morgan fingerprint density at radius 3 is 2.25 bits per heavy atom. The maximum Gasteiger partial charge on any atom is 0.309 e. The van der Waals surface area contributed by atoms with Crippen molar-refractivity contribution in [3.8, 4) is 0 Å². The van der Waals surface area contributed by atoms with Crippen LogP contribution in [0.4, 0.5) is 0 Å². The molecule has 5 nitrogen and oxygen atoms in total. The van der Waals surface area contributed by atoms with E-state index in [1.54, 1.807) is 40.7 Å². The molecule has 0 aromatic rings. The van der Waals surface area contributed by atoms with Crippen molar-refractivity contribution >= 4 is 11.9 Å². The third-order valence-corrected chi connectivity index (χ3v) is 3.06. The average molecular weight is 340 g/mol. The Hall–Kier alpha value is -1.62. The number of rotatable bonds is 10. The van der Waals surface area contributed by atoms with Crippen LogP contribution in [0.1, 0.15) is 54.4 Å². The fourth-order valence-electron chi connectivity index (χ4n) is 1.90. The first-order valence-electron chi connectivity index (χ1n) is 8.25. The Kier molecular flexibility index (Phi) is 9.59. The topological polar surface area (TPSA) is 61.8 Å². The molecule has 5 heteroatoms. The zero-order chi connectivity index (χ0) is 18.9. The van der Waals surface area contributed by atoms with E-state index in [2.05, 4.69) is 13.2 Å². The van der Waals surface area contributed by atoms with E-state index in [0.29, 0.717) is 13.0 Å². The van der Waals surface area contributed by atoms with E-state index < -0.39 is 29.6 Å². The second-order valence-corrected chi connectivity index (χ2v) is 7.16. The average Bonchev–Trinajstić information content (AvgIpc) is 2.40. The van der Waals surface area contributed by atoms with Gasteiger partial charge in [-0.1, -0.05) is 25.2 Å². The number of carbonyl (C=O) groups excluding carboxylic acids is 2. The second kappa shape index (κ2) is 10.3. The molecule has 0 N–H and O–H groups in total. The normalized spacial score (nSPS) is 15.1. The van der Waals surface area contributed by atoms with Gasteiger partial charge in [0.1, 0.15) is 11.7 Å². The molecular weight excluding hydrogens is 308 g/mol. The molecule has 0 spiro atoms. The third-order valence-electron chi connectivity index (χ3n) is 3.06. The van der Waals surface area contributed by atoms with E-state index in [9.17, 15) is 9.59 Å². The predicted molar refractivity (Wildman–Crippen MR) is 94.5 cm³/mol. The van der Waals surface area contributed by atoms with Gasteiger partial charge in [0.15, 0.2) is 0 Å². The van der Waals surface area contributed by atoms with Crippen LogP contribution in [0, 0.1) is 5.92 Å². The van der Waals surface area contributed by atoms with Gasteiger partial charge in [-0.2, -0.15) is 0 Å². The van der Waals surface area contributed by atoms with Crippen LogP contribution in [0.5, 0.6) is 0 Å². The van der Waals surface area contributed by atoms with Crippen LogP contribution in [0.25, 0.3) is 0 Å². The summed E-state index contributed by atoms with van der Waals surface area (Å²) in [6, 6.07) is 0. The molecule has 0 radical (unpaired) electrons. The lowest BCUT2D eigenvalue weighted by Gasteiger charge is -2.25. The molecular formula is C19H32O5. The van der Waals surface area contributed by atoms with Crippen molar-refractivity contribution in [2.24, 2.45) is 5.92 Å². The third kappa shape index (κ3) is 10.2. The molecule has 0 aliphatic rings. The predicted octanol–water partition coefficient (Wildman–Crippen LogP) is 3.82. The first-order chi connectivity index (χ1) is 11.0. The van der Waals surface area contributed by atoms with Gasteiger partial charge in [-0.3, -0.25) is 9.59 Å². The van der Waals surface area contributed by atoms with Gasteiger partial charge >= 0.3 is 11.9 Å². The molecule has 0 aliphatic heterocycles. The Balaban J connectivity index is 4.55. The fraction of sp³-hybridized carbons (Fsp3) is 0.684. The molecule has 24 heavy (non-hydrogen) atoms. The molecule has 138 valence electrons. The molecule has 0 amide bonds. The summed E-state index contributed by atoms with van der Waals surface area (Å²) in [7, 11) is 0. The van der Waals surface area contributed by atoms with Crippen molar-refractivity contribution < 1.29 is 23.8 Å². The van der Waals surface area contributed by atoms with E-state index in [-0.39, 0.29) is 12.5 Å². The van der Waals surface area contributed by atoms with Crippen molar-refractivity contribution in [2.75, 3.05) is 6.61 Å². The van der Waals surface area contributed by atoms with Crippen molar-refractivity contribution in [2.45, 2.75) is 72.2 Å². The van der Waals surface area contributed by atoms with E-state index >= 15 is 0 Å². The maximum absolute atomic E-state index is 12.2. The van der Waals surface area contributed by atoms with Crippen molar-refractivity contribution in [1.29, 1.82) is 0 Å². The Labute approximate surface area is 146 Å². The number of hydrogen-bond donors (Lipinski definition) is 0. The minimum absolute atomic E-state index is 0.0123. The van der Waals surface area contributed by atoms with Crippen molar-refractivity contribution in [3.63, 3.8) is 0 Å². The summed E-state index contributed by atoms with van der Waals surface area (Å²) >= 11 is 0. The van der Waals surface area contributed by atoms with Crippen LogP contribution < -0.4 is 0 Å². The number of carbonyl (C=O) groups is 2. The summed E-state index contributed by atoms with van der Waals surface area (Å²) in [4.78, 5) is 24.0. The highest BCUT2D eigenvalue weighted by Crippen LogP contribution is 2.16. The minimum atomic E-state index is -0.576. The summed E-state index contributed by atoms with van der Waals surface area (Å²) in [6.07, 6.45) is 1.52. The smallest absolute Gasteiger partial charge is 0.309 e. The summed E-state index contributed by atoms with van der Waals surface area (Å²) < 4.78 is 16.4. The summed E-state index contributed by atoms with van der Waals surface area (Å²) in [5.74, 6) is -1.44. The van der Waals surface area contributed by atoms with Gasteiger partial charge in [-0.05, 0) is 41.0 Å². The van der Waals surface area contributed by atoms with Gasteiger partial charge in [0.25, 0.3) is 0 Å². The largest absolute Gasteiger partial charge is 0.460 e. The SMILES string of the molecule is C=CC[C@@H](OCC(=C)C)[C@H](C)OC(=O)[C@H](C)CC(=O)OC(C)(C)C. The van der Waals surface area contributed by atoms with Crippen LogP contribution in [0.3, 0.4) is 0 Å². The van der Waals surface area contributed by atoms with Crippen molar-refractivity contribution in [1.82, 2.24) is 0 Å². The zero-order valence-corrected chi connectivity index (χ0v) is 15.9. The quantitative estimate of drug-likeness (QED) is 0.447. The lowest BCUT2D eigenvalue weighted by Crippen LogP contribution is -2.34. The maximum atomic E-state index is 12.2. The molecule has 0 aromatic heterocycles. The zero-order valence-electron chi connectivity index (χ0n) is 15.9. The van der Waals surface area contributed by atoms with E-state index in [4.69, 9.17) is 14.2 Å². The fourth-order valence-corrected chi connectivity index (χ4v) is 1.90. The number of esters is 2. The van der Waals surface area contributed by atoms with Crippen LogP contribution in [0.15, 0.2) is 24.8 Å². The number of hydrogen-bond acceptors (Lipinski definition) is 5. The van der Waals surface area contributed by atoms with Crippen LogP contribution in [-0.4, -0.2) is 36.4 Å². The Morgan fingerprint density at radius 1 is 1.21 bits per heavy atom. The van der Waals surface area contributed by atoms with Gasteiger partial charge < -0.3 is 14.2 Å². The van der Waals surface area contributed by atoms with Gasteiger partial charge in [0.2, 0.25) is 0 Å².